The van der Waals surface area contributed by atoms with E-state index >= 15 is 0 Å². The maximum atomic E-state index is 13.3. The highest BCUT2D eigenvalue weighted by molar-refractivity contribution is 6.10. The van der Waals surface area contributed by atoms with Gasteiger partial charge in [0.2, 0.25) is 0 Å². The van der Waals surface area contributed by atoms with E-state index in [9.17, 15) is 41.0 Å². The molecule has 4 rings (SSSR count). The largest absolute Gasteiger partial charge is 0.493 e. The third kappa shape index (κ3) is 6.16. The smallest absolute Gasteiger partial charge is 0.454 e. The molecule has 0 fully saturated rings. The van der Waals surface area contributed by atoms with Gasteiger partial charge in [0, 0.05) is 29.8 Å². The second-order valence-corrected chi connectivity index (χ2v) is 10.1. The van der Waals surface area contributed by atoms with Crippen molar-refractivity contribution >= 4 is 33.6 Å². The van der Waals surface area contributed by atoms with E-state index < -0.39 is 41.0 Å². The highest BCUT2D eigenvalue weighted by Gasteiger charge is 2.41. The molecule has 0 aliphatic heterocycles. The topological polar surface area (TPSA) is 104 Å². The van der Waals surface area contributed by atoms with E-state index in [1.165, 1.54) is 48.7 Å². The molecule has 4 aromatic rings. The molecule has 0 radical (unpaired) electrons. The number of aromatic nitrogens is 2. The van der Waals surface area contributed by atoms with Crippen LogP contribution >= 0.6 is 0 Å². The fraction of sp³-hybridized carbons (Fsp3) is 0.393. The van der Waals surface area contributed by atoms with Gasteiger partial charge in [-0.25, -0.2) is 4.79 Å². The minimum absolute atomic E-state index is 0.000182. The van der Waals surface area contributed by atoms with Crippen molar-refractivity contribution < 1.29 is 55.0 Å². The van der Waals surface area contributed by atoms with E-state index in [0.29, 0.717) is 18.4 Å². The van der Waals surface area contributed by atoms with Gasteiger partial charge in [0.25, 0.3) is 5.78 Å². The first kappa shape index (κ1) is 30.7. The Bertz CT molecular complexity index is 1630. The molecule has 42 heavy (non-hydrogen) atoms. The van der Waals surface area contributed by atoms with E-state index in [4.69, 9.17) is 14.0 Å². The molecule has 2 aromatic heterocycles. The molecule has 0 saturated heterocycles. The van der Waals surface area contributed by atoms with E-state index in [2.05, 4.69) is 5.16 Å². The Kier molecular flexibility index (Phi) is 8.20. The van der Waals surface area contributed by atoms with Crippen LogP contribution < -0.4 is 9.47 Å². The summed E-state index contributed by atoms with van der Waals surface area (Å²) in [7, 11) is 0. The van der Waals surface area contributed by atoms with Crippen molar-refractivity contribution in [3.63, 3.8) is 0 Å². The van der Waals surface area contributed by atoms with Gasteiger partial charge in [-0.1, -0.05) is 18.5 Å². The maximum absolute atomic E-state index is 13.3. The van der Waals surface area contributed by atoms with E-state index in [1.807, 2.05) is 6.92 Å². The van der Waals surface area contributed by atoms with Crippen LogP contribution in [0.4, 0.5) is 26.3 Å². The van der Waals surface area contributed by atoms with Crippen LogP contribution in [0.1, 0.15) is 55.2 Å². The third-order valence-electron chi connectivity index (χ3n) is 6.51. The minimum Gasteiger partial charge on any atom is -0.493 e. The zero-order valence-corrected chi connectivity index (χ0v) is 22.7. The number of carboxylic acids is 1. The number of alkyl halides is 6. The van der Waals surface area contributed by atoms with Crippen molar-refractivity contribution in [3.05, 3.63) is 53.3 Å². The summed E-state index contributed by atoms with van der Waals surface area (Å²) in [6.07, 6.45) is -7.61. The minimum atomic E-state index is -5.12. The highest BCUT2D eigenvalue weighted by atomic mass is 19.4. The van der Waals surface area contributed by atoms with E-state index in [-0.39, 0.29) is 52.9 Å². The van der Waals surface area contributed by atoms with Gasteiger partial charge in [0.1, 0.15) is 11.5 Å². The predicted octanol–water partition coefficient (Wildman–Crippen LogP) is 7.21. The van der Waals surface area contributed by atoms with Gasteiger partial charge in [0.05, 0.1) is 23.1 Å². The average Bonchev–Trinajstić information content (AvgIpc) is 3.48. The van der Waals surface area contributed by atoms with Crippen molar-refractivity contribution in [3.8, 4) is 11.5 Å². The third-order valence-corrected chi connectivity index (χ3v) is 6.51. The molecule has 0 atom stereocenters. The van der Waals surface area contributed by atoms with E-state index in [1.54, 1.807) is 0 Å². The second-order valence-electron chi connectivity index (χ2n) is 10.1. The van der Waals surface area contributed by atoms with Crippen LogP contribution in [0.25, 0.3) is 21.9 Å². The van der Waals surface area contributed by atoms with E-state index in [0.717, 1.165) is 6.20 Å². The molecule has 0 unspecified atom stereocenters. The number of aryl methyl sites for hydroxylation is 2. The summed E-state index contributed by atoms with van der Waals surface area (Å²) in [6.45, 7) is 4.55. The van der Waals surface area contributed by atoms with Crippen LogP contribution in [0.2, 0.25) is 0 Å². The molecule has 14 heteroatoms. The number of ketones is 1. The summed E-state index contributed by atoms with van der Waals surface area (Å²) in [4.78, 5) is 23.6. The normalized spacial score (nSPS) is 12.7. The SMILES string of the molecule is CCCc1c(OCCCn2cc(C(=O)C(F)(F)F)c3ccc(OC(C)(C)C(=O)O)cc32)ccc2c(C(F)(F)F)noc12. The lowest BCUT2D eigenvalue weighted by Crippen LogP contribution is -2.37. The molecule has 0 amide bonds. The summed E-state index contributed by atoms with van der Waals surface area (Å²) >= 11 is 0. The summed E-state index contributed by atoms with van der Waals surface area (Å²) in [5.41, 5.74) is -2.78. The van der Waals surface area contributed by atoms with Crippen molar-refractivity contribution in [2.24, 2.45) is 0 Å². The van der Waals surface area contributed by atoms with Gasteiger partial charge in [0.15, 0.2) is 16.9 Å². The zero-order chi connectivity index (χ0) is 31.0. The first-order valence-electron chi connectivity index (χ1n) is 12.8. The Morgan fingerprint density at radius 3 is 2.36 bits per heavy atom. The van der Waals surface area contributed by atoms with Gasteiger partial charge in [-0.3, -0.25) is 4.79 Å². The molecule has 0 aliphatic rings. The average molecular weight is 601 g/mol. The molecule has 2 heterocycles. The first-order valence-corrected chi connectivity index (χ1v) is 12.8. The van der Waals surface area contributed by atoms with Gasteiger partial charge < -0.3 is 23.7 Å². The zero-order valence-electron chi connectivity index (χ0n) is 22.7. The molecule has 0 aliphatic carbocycles. The Balaban J connectivity index is 1.59. The number of carbonyl (C=O) groups is 2. The number of Topliss-reactive ketones (excluding diaryl/α,β-unsaturated/α-hetero) is 1. The van der Waals surface area contributed by atoms with Gasteiger partial charge in [-0.05, 0) is 51.0 Å². The van der Waals surface area contributed by atoms with Crippen molar-refractivity contribution in [1.82, 2.24) is 9.72 Å². The number of rotatable bonds is 11. The summed E-state index contributed by atoms with van der Waals surface area (Å²) < 4.78 is 97.5. The standard InChI is InChI=1S/C28H26F6N2O6/c1-4-6-17-21(10-9-18-22(17)42-35-23(18)27(29,30)31)40-12-5-11-36-14-19(24(37)28(32,33)34)16-8-7-15(13-20(16)36)41-26(2,3)25(38)39/h7-10,13-14H,4-6,11-12H2,1-3H3,(H,38,39). The maximum Gasteiger partial charge on any atom is 0.454 e. The Labute approximate surface area is 234 Å². The highest BCUT2D eigenvalue weighted by Crippen LogP contribution is 2.38. The second kappa shape index (κ2) is 11.2. The molecule has 226 valence electrons. The van der Waals surface area contributed by atoms with Crippen LogP contribution in [-0.2, 0) is 23.9 Å². The molecule has 0 bridgehead atoms. The number of ether oxygens (including phenoxy) is 2. The number of hydrogen-bond acceptors (Lipinski definition) is 6. The molecular formula is C28H26F6N2O6. The molecular weight excluding hydrogens is 574 g/mol. The summed E-state index contributed by atoms with van der Waals surface area (Å²) in [5, 5.41) is 12.3. The first-order chi connectivity index (χ1) is 19.5. The van der Waals surface area contributed by atoms with Crippen LogP contribution in [0.3, 0.4) is 0 Å². The van der Waals surface area contributed by atoms with Crippen LogP contribution in [0, 0.1) is 0 Å². The predicted molar refractivity (Wildman–Crippen MR) is 138 cm³/mol. The van der Waals surface area contributed by atoms with Crippen molar-refractivity contribution in [2.75, 3.05) is 6.61 Å². The monoisotopic (exact) mass is 600 g/mol. The number of carbonyl (C=O) groups excluding carboxylic acids is 1. The quantitative estimate of drug-likeness (QED) is 0.110. The fourth-order valence-electron chi connectivity index (χ4n) is 4.48. The summed E-state index contributed by atoms with van der Waals surface area (Å²) in [5.74, 6) is -2.95. The molecule has 2 aromatic carbocycles. The van der Waals surface area contributed by atoms with Gasteiger partial charge >= 0.3 is 18.3 Å². The number of hydrogen-bond donors (Lipinski definition) is 1. The lowest BCUT2D eigenvalue weighted by Gasteiger charge is -2.21. The number of benzene rings is 2. The Morgan fingerprint density at radius 1 is 1.05 bits per heavy atom. The summed E-state index contributed by atoms with van der Waals surface area (Å²) in [6, 6.07) is 6.49. The van der Waals surface area contributed by atoms with Gasteiger partial charge in [-0.15, -0.1) is 0 Å². The number of carboxylic acid groups (broad SMARTS) is 1. The lowest BCUT2D eigenvalue weighted by molar-refractivity contribution is -0.152. The van der Waals surface area contributed by atoms with Crippen LogP contribution in [0.5, 0.6) is 11.5 Å². The molecule has 1 N–H and O–H groups in total. The Morgan fingerprint density at radius 2 is 1.74 bits per heavy atom. The lowest BCUT2D eigenvalue weighted by atomic mass is 10.0. The Hall–Kier alpha value is -4.23. The number of halogens is 6. The molecule has 0 saturated carbocycles. The number of fused-ring (bicyclic) bond motifs is 2. The molecule has 0 spiro atoms. The molecule has 8 nitrogen and oxygen atoms in total. The van der Waals surface area contributed by atoms with Crippen molar-refractivity contribution in [2.45, 2.75) is 64.5 Å². The van der Waals surface area contributed by atoms with Crippen LogP contribution in [0.15, 0.2) is 41.1 Å². The number of nitrogens with zero attached hydrogens (tertiary/aromatic N) is 2. The van der Waals surface area contributed by atoms with Gasteiger partial charge in [-0.2, -0.15) is 26.3 Å². The fourth-order valence-corrected chi connectivity index (χ4v) is 4.48. The van der Waals surface area contributed by atoms with Crippen LogP contribution in [-0.4, -0.2) is 45.0 Å². The number of aliphatic carboxylic acids is 1. The van der Waals surface area contributed by atoms with Crippen molar-refractivity contribution in [1.29, 1.82) is 0 Å².